The fraction of sp³-hybridized carbons (Fsp3) is 0.400. The van der Waals surface area contributed by atoms with Crippen LogP contribution in [0.5, 0.6) is 0 Å². The number of sulfone groups is 1. The third-order valence-corrected chi connectivity index (χ3v) is 6.35. The summed E-state index contributed by atoms with van der Waals surface area (Å²) in [5.74, 6) is 0.514. The lowest BCUT2D eigenvalue weighted by molar-refractivity contribution is 0.595. The molecule has 2 aromatic rings. The first-order chi connectivity index (χ1) is 14.0. The zero-order chi connectivity index (χ0) is 20.7. The number of aromatic nitrogens is 1. The van der Waals surface area contributed by atoms with Gasteiger partial charge in [-0.15, -0.1) is 24.0 Å². The summed E-state index contributed by atoms with van der Waals surface area (Å²) in [6.07, 6.45) is 2.39. The van der Waals surface area contributed by atoms with Gasteiger partial charge in [0, 0.05) is 31.9 Å². The Labute approximate surface area is 194 Å². The van der Waals surface area contributed by atoms with Gasteiger partial charge in [0.15, 0.2) is 27.4 Å². The lowest BCUT2D eigenvalue weighted by Crippen LogP contribution is -2.45. The minimum Gasteiger partial charge on any atom is -0.357 e. The van der Waals surface area contributed by atoms with E-state index in [1.165, 1.54) is 6.07 Å². The van der Waals surface area contributed by atoms with Crippen LogP contribution in [-0.2, 0) is 9.84 Å². The van der Waals surface area contributed by atoms with Crippen LogP contribution in [0.3, 0.4) is 0 Å². The molecule has 0 bridgehead atoms. The highest BCUT2D eigenvalue weighted by atomic mass is 127. The van der Waals surface area contributed by atoms with Crippen LogP contribution in [-0.4, -0.2) is 57.3 Å². The molecule has 1 atom stereocenters. The van der Waals surface area contributed by atoms with E-state index in [0.29, 0.717) is 36.3 Å². The summed E-state index contributed by atoms with van der Waals surface area (Å²) in [6, 6.07) is 11.4. The van der Waals surface area contributed by atoms with Crippen molar-refractivity contribution in [3.63, 3.8) is 0 Å². The van der Waals surface area contributed by atoms with Gasteiger partial charge in [-0.25, -0.2) is 17.8 Å². The number of nitrogens with one attached hydrogen (secondary N) is 2. The van der Waals surface area contributed by atoms with E-state index in [1.807, 2.05) is 11.8 Å². The number of hydrogen-bond donors (Lipinski definition) is 2. The summed E-state index contributed by atoms with van der Waals surface area (Å²) in [4.78, 5) is 10.7. The van der Waals surface area contributed by atoms with Crippen LogP contribution in [0.2, 0.25) is 0 Å². The number of nitrogens with zero attached hydrogens (tertiary/aromatic N) is 3. The van der Waals surface area contributed by atoms with E-state index in [0.717, 1.165) is 6.42 Å². The molecular weight excluding hydrogens is 520 g/mol. The second-order valence-electron chi connectivity index (χ2n) is 6.78. The van der Waals surface area contributed by atoms with Gasteiger partial charge in [0.25, 0.3) is 0 Å². The van der Waals surface area contributed by atoms with Crippen LogP contribution in [0.25, 0.3) is 0 Å². The number of pyridine rings is 1. The van der Waals surface area contributed by atoms with E-state index < -0.39 is 9.84 Å². The molecule has 1 fully saturated rings. The normalized spacial score (nSPS) is 16.8. The Hall–Kier alpha value is -1.95. The predicted molar refractivity (Wildman–Crippen MR) is 128 cm³/mol. The molecule has 0 saturated carbocycles. The molecule has 2 N–H and O–H groups in total. The molecule has 10 heteroatoms. The lowest BCUT2D eigenvalue weighted by atomic mass is 10.3. The summed E-state index contributed by atoms with van der Waals surface area (Å²) in [6.45, 7) is 4.04. The van der Waals surface area contributed by atoms with E-state index in [2.05, 4.69) is 20.6 Å². The first-order valence-corrected chi connectivity index (χ1v) is 11.3. The minimum absolute atomic E-state index is 0. The van der Waals surface area contributed by atoms with E-state index in [9.17, 15) is 12.8 Å². The maximum Gasteiger partial charge on any atom is 0.191 e. The molecule has 1 aliphatic rings. The molecule has 3 rings (SSSR count). The molecule has 1 aliphatic heterocycles. The number of benzene rings is 1. The molecule has 7 nitrogen and oxygen atoms in total. The number of guanidine groups is 1. The third-order valence-electron chi connectivity index (χ3n) is 4.64. The van der Waals surface area contributed by atoms with E-state index in [1.54, 1.807) is 42.6 Å². The smallest absolute Gasteiger partial charge is 0.191 e. The molecular formula is C20H27FIN5O2S. The van der Waals surface area contributed by atoms with Gasteiger partial charge in [-0.05, 0) is 37.6 Å². The Bertz CT molecular complexity index is 943. The van der Waals surface area contributed by atoms with E-state index in [-0.39, 0.29) is 48.1 Å². The van der Waals surface area contributed by atoms with Crippen LogP contribution in [0.15, 0.2) is 58.5 Å². The molecule has 30 heavy (non-hydrogen) atoms. The highest BCUT2D eigenvalue weighted by Crippen LogP contribution is 2.20. The van der Waals surface area contributed by atoms with Crippen molar-refractivity contribution in [2.45, 2.75) is 24.3 Å². The predicted octanol–water partition coefficient (Wildman–Crippen LogP) is 2.45. The topological polar surface area (TPSA) is 86.7 Å². The third kappa shape index (κ3) is 6.53. The fourth-order valence-electron chi connectivity index (χ4n) is 3.22. The van der Waals surface area contributed by atoms with Gasteiger partial charge in [0.1, 0.15) is 0 Å². The van der Waals surface area contributed by atoms with Crippen molar-refractivity contribution in [2.24, 2.45) is 4.99 Å². The Balaban J connectivity index is 0.00000320. The van der Waals surface area contributed by atoms with Crippen LogP contribution in [0.1, 0.15) is 13.3 Å². The van der Waals surface area contributed by atoms with Crippen LogP contribution >= 0.6 is 24.0 Å². The second-order valence-corrected chi connectivity index (χ2v) is 8.89. The summed E-state index contributed by atoms with van der Waals surface area (Å²) in [5.41, 5.74) is 0. The molecule has 0 spiro atoms. The Kier molecular flexibility index (Phi) is 9.28. The molecule has 164 valence electrons. The highest BCUT2D eigenvalue weighted by Gasteiger charge is 2.26. The van der Waals surface area contributed by atoms with Crippen molar-refractivity contribution < 1.29 is 12.8 Å². The van der Waals surface area contributed by atoms with Crippen molar-refractivity contribution in [3.05, 3.63) is 54.5 Å². The number of rotatable bonds is 7. The Morgan fingerprint density at radius 2 is 2.03 bits per heavy atom. The van der Waals surface area contributed by atoms with Crippen molar-refractivity contribution in [3.8, 4) is 0 Å². The number of halogens is 2. The van der Waals surface area contributed by atoms with Crippen LogP contribution in [0.4, 0.5) is 10.2 Å². The van der Waals surface area contributed by atoms with Crippen molar-refractivity contribution in [2.75, 3.05) is 36.8 Å². The van der Waals surface area contributed by atoms with Gasteiger partial charge in [-0.2, -0.15) is 0 Å². The molecule has 0 aliphatic carbocycles. The maximum atomic E-state index is 14.0. The van der Waals surface area contributed by atoms with Crippen LogP contribution < -0.4 is 15.5 Å². The Morgan fingerprint density at radius 1 is 1.27 bits per heavy atom. The monoisotopic (exact) mass is 547 g/mol. The maximum absolute atomic E-state index is 14.0. The second kappa shape index (κ2) is 11.4. The average molecular weight is 547 g/mol. The van der Waals surface area contributed by atoms with Gasteiger partial charge in [-0.1, -0.05) is 18.2 Å². The number of anilines is 1. The number of hydrogen-bond acceptors (Lipinski definition) is 5. The largest absolute Gasteiger partial charge is 0.357 e. The molecule has 1 saturated heterocycles. The first-order valence-electron chi connectivity index (χ1n) is 9.67. The summed E-state index contributed by atoms with van der Waals surface area (Å²) in [7, 11) is -3.37. The first kappa shape index (κ1) is 24.3. The summed E-state index contributed by atoms with van der Waals surface area (Å²) in [5, 5.41) is 6.45. The van der Waals surface area contributed by atoms with Crippen molar-refractivity contribution in [1.29, 1.82) is 0 Å². The van der Waals surface area contributed by atoms with E-state index >= 15 is 0 Å². The average Bonchev–Trinajstić information content (AvgIpc) is 3.17. The molecule has 1 aromatic carbocycles. The molecule has 1 aromatic heterocycles. The van der Waals surface area contributed by atoms with Gasteiger partial charge in [0.05, 0.1) is 17.2 Å². The number of aliphatic imine (C=N–C) groups is 1. The van der Waals surface area contributed by atoms with Gasteiger partial charge in [-0.3, -0.25) is 4.99 Å². The Morgan fingerprint density at radius 3 is 2.73 bits per heavy atom. The molecule has 2 heterocycles. The molecule has 0 radical (unpaired) electrons. The highest BCUT2D eigenvalue weighted by molar-refractivity contribution is 14.0. The summed E-state index contributed by atoms with van der Waals surface area (Å²) >= 11 is 0. The van der Waals surface area contributed by atoms with Gasteiger partial charge in [0.2, 0.25) is 0 Å². The fourth-order valence-corrected chi connectivity index (χ4v) is 4.36. The molecule has 0 amide bonds. The SMILES string of the molecule is CCNC(=NCCS(=O)(=O)c1ccccc1)NC1CCN(c2ncccc2F)C1.I. The van der Waals surface area contributed by atoms with E-state index in [4.69, 9.17) is 0 Å². The zero-order valence-corrected chi connectivity index (χ0v) is 19.9. The molecule has 1 unspecified atom stereocenters. The van der Waals surface area contributed by atoms with Gasteiger partial charge < -0.3 is 15.5 Å². The lowest BCUT2D eigenvalue weighted by Gasteiger charge is -2.20. The quantitative estimate of drug-likeness (QED) is 0.315. The summed E-state index contributed by atoms with van der Waals surface area (Å²) < 4.78 is 38.7. The van der Waals surface area contributed by atoms with Crippen molar-refractivity contribution >= 4 is 45.6 Å². The van der Waals surface area contributed by atoms with Gasteiger partial charge >= 0.3 is 0 Å². The van der Waals surface area contributed by atoms with Crippen molar-refractivity contribution in [1.82, 2.24) is 15.6 Å². The zero-order valence-electron chi connectivity index (χ0n) is 16.8. The van der Waals surface area contributed by atoms with Crippen LogP contribution in [0, 0.1) is 5.82 Å². The standard InChI is InChI=1S/C20H26FN5O2S.HI/c1-2-22-20(24-12-14-29(27,28)17-7-4-3-5-8-17)25-16-10-13-26(15-16)19-18(21)9-6-11-23-19;/h3-9,11,16H,2,10,12-15H2,1H3,(H2,22,24,25);1H. The minimum atomic E-state index is -3.37.